The largest absolute Gasteiger partial charge is 0.462 e. The normalized spacial score (nSPS) is 11.0. The Morgan fingerprint density at radius 2 is 1.89 bits per heavy atom. The fourth-order valence-electron chi connectivity index (χ4n) is 1.93. The van der Waals surface area contributed by atoms with Crippen molar-refractivity contribution in [2.45, 2.75) is 13.2 Å². The first-order valence-electron chi connectivity index (χ1n) is 5.89. The summed E-state index contributed by atoms with van der Waals surface area (Å²) in [5.41, 5.74) is 2.19. The topological polar surface area (TPSA) is 94.1 Å². The molecular weight excluding hydrogens is 246 g/mol. The predicted molar refractivity (Wildman–Crippen MR) is 70.9 cm³/mol. The minimum absolute atomic E-state index is 0.101. The molecule has 4 N–H and O–H groups in total. The van der Waals surface area contributed by atoms with Crippen molar-refractivity contribution in [3.63, 3.8) is 0 Å². The van der Waals surface area contributed by atoms with Crippen molar-refractivity contribution in [3.05, 3.63) is 52.3 Å². The highest BCUT2D eigenvalue weighted by molar-refractivity contribution is 5.78. The fourth-order valence-corrected chi connectivity index (χ4v) is 1.93. The third-order valence-electron chi connectivity index (χ3n) is 2.86. The van der Waals surface area contributed by atoms with Gasteiger partial charge in [0.25, 0.3) is 0 Å². The van der Waals surface area contributed by atoms with Gasteiger partial charge in [-0.2, -0.15) is 0 Å². The van der Waals surface area contributed by atoms with Crippen LogP contribution in [-0.4, -0.2) is 15.1 Å². The van der Waals surface area contributed by atoms with Crippen molar-refractivity contribution in [1.82, 2.24) is 9.97 Å². The number of aliphatic hydroxyl groups is 1. The molecule has 1 aromatic carbocycles. The van der Waals surface area contributed by atoms with Crippen LogP contribution < -0.4 is 11.0 Å². The van der Waals surface area contributed by atoms with E-state index in [-0.39, 0.29) is 12.3 Å². The summed E-state index contributed by atoms with van der Waals surface area (Å²) in [4.78, 5) is 16.5. The average Bonchev–Trinajstić information content (AvgIpc) is 3.00. The molecule has 0 spiro atoms. The molecule has 0 radical (unpaired) electrons. The Kier molecular flexibility index (Phi) is 2.85. The number of aliphatic hydroxyl groups excluding tert-OH is 1. The molecule has 3 rings (SSSR count). The van der Waals surface area contributed by atoms with Crippen molar-refractivity contribution in [2.24, 2.45) is 0 Å². The molecule has 0 bridgehead atoms. The zero-order chi connectivity index (χ0) is 13.2. The van der Waals surface area contributed by atoms with Crippen LogP contribution >= 0.6 is 0 Å². The van der Waals surface area contributed by atoms with E-state index >= 15 is 0 Å². The molecule has 0 aliphatic carbocycles. The SMILES string of the molecule is O=c1[nH]c2ccc(NCc3ccc(CO)o3)cc2[nH]1. The van der Waals surface area contributed by atoms with E-state index in [1.165, 1.54) is 0 Å². The Labute approximate surface area is 108 Å². The van der Waals surface area contributed by atoms with Crippen molar-refractivity contribution in [3.8, 4) is 0 Å². The number of fused-ring (bicyclic) bond motifs is 1. The summed E-state index contributed by atoms with van der Waals surface area (Å²) in [5, 5.41) is 12.1. The monoisotopic (exact) mass is 259 g/mol. The molecule has 0 saturated heterocycles. The molecule has 0 saturated carbocycles. The number of H-pyrrole nitrogens is 2. The Bertz CT molecular complexity index is 754. The van der Waals surface area contributed by atoms with Gasteiger partial charge in [-0.05, 0) is 30.3 Å². The first-order valence-corrected chi connectivity index (χ1v) is 5.89. The maximum Gasteiger partial charge on any atom is 0.323 e. The molecule has 0 fully saturated rings. The molecule has 3 aromatic rings. The number of anilines is 1. The van der Waals surface area contributed by atoms with Crippen LogP contribution in [-0.2, 0) is 13.2 Å². The highest BCUT2D eigenvalue weighted by Gasteiger charge is 2.02. The molecule has 0 atom stereocenters. The van der Waals surface area contributed by atoms with Gasteiger partial charge in [0.1, 0.15) is 18.1 Å². The lowest BCUT2D eigenvalue weighted by Gasteiger charge is -2.04. The fraction of sp³-hybridized carbons (Fsp3) is 0.154. The number of hydrogen-bond donors (Lipinski definition) is 4. The van der Waals surface area contributed by atoms with E-state index in [4.69, 9.17) is 9.52 Å². The second-order valence-electron chi connectivity index (χ2n) is 4.22. The Hall–Kier alpha value is -2.47. The van der Waals surface area contributed by atoms with Gasteiger partial charge in [-0.25, -0.2) is 4.79 Å². The summed E-state index contributed by atoms with van der Waals surface area (Å²) >= 11 is 0. The second kappa shape index (κ2) is 4.66. The Morgan fingerprint density at radius 1 is 1.11 bits per heavy atom. The number of nitrogens with one attached hydrogen (secondary N) is 3. The van der Waals surface area contributed by atoms with Crippen molar-refractivity contribution in [1.29, 1.82) is 0 Å². The molecular formula is C13H13N3O3. The number of aromatic amines is 2. The molecule has 2 aromatic heterocycles. The summed E-state index contributed by atoms with van der Waals surface area (Å²) in [6, 6.07) is 9.11. The minimum Gasteiger partial charge on any atom is -0.462 e. The maximum absolute atomic E-state index is 11.1. The van der Waals surface area contributed by atoms with Crippen LogP contribution in [0, 0.1) is 0 Å². The van der Waals surface area contributed by atoms with E-state index in [0.717, 1.165) is 22.5 Å². The first kappa shape index (κ1) is 11.6. The van der Waals surface area contributed by atoms with Gasteiger partial charge in [-0.1, -0.05) is 0 Å². The van der Waals surface area contributed by atoms with Gasteiger partial charge in [0.15, 0.2) is 0 Å². The van der Waals surface area contributed by atoms with E-state index < -0.39 is 0 Å². The standard InChI is InChI=1S/C13H13N3O3/c17-7-10-3-2-9(19-10)6-14-8-1-4-11-12(5-8)16-13(18)15-11/h1-5,14,17H,6-7H2,(H2,15,16,18). The lowest BCUT2D eigenvalue weighted by molar-refractivity contribution is 0.244. The summed E-state index contributed by atoms with van der Waals surface area (Å²) in [6.07, 6.45) is 0. The molecule has 2 heterocycles. The van der Waals surface area contributed by atoms with Crippen LogP contribution in [0.2, 0.25) is 0 Å². The van der Waals surface area contributed by atoms with E-state index in [9.17, 15) is 4.79 Å². The quantitative estimate of drug-likeness (QED) is 0.572. The number of furan rings is 1. The van der Waals surface area contributed by atoms with Crippen LogP contribution in [0.3, 0.4) is 0 Å². The zero-order valence-electron chi connectivity index (χ0n) is 10.1. The van der Waals surface area contributed by atoms with Gasteiger partial charge in [0.2, 0.25) is 0 Å². The van der Waals surface area contributed by atoms with Gasteiger partial charge < -0.3 is 24.8 Å². The molecule has 0 amide bonds. The number of aromatic nitrogens is 2. The molecule has 0 unspecified atom stereocenters. The average molecular weight is 259 g/mol. The van der Waals surface area contributed by atoms with Gasteiger partial charge >= 0.3 is 5.69 Å². The molecule has 0 aliphatic heterocycles. The lowest BCUT2D eigenvalue weighted by atomic mass is 10.2. The summed E-state index contributed by atoms with van der Waals surface area (Å²) in [5.74, 6) is 1.29. The lowest BCUT2D eigenvalue weighted by Crippen LogP contribution is -1.99. The number of hydrogen-bond acceptors (Lipinski definition) is 4. The van der Waals surface area contributed by atoms with Gasteiger partial charge in [-0.3, -0.25) is 0 Å². The van der Waals surface area contributed by atoms with Crippen LogP contribution in [0.4, 0.5) is 5.69 Å². The van der Waals surface area contributed by atoms with Crippen LogP contribution in [0.25, 0.3) is 11.0 Å². The molecule has 6 heteroatoms. The third kappa shape index (κ3) is 2.38. The van der Waals surface area contributed by atoms with Crippen LogP contribution in [0.15, 0.2) is 39.5 Å². The van der Waals surface area contributed by atoms with Crippen molar-refractivity contribution in [2.75, 3.05) is 5.32 Å². The minimum atomic E-state index is -0.217. The first-order chi connectivity index (χ1) is 9.24. The van der Waals surface area contributed by atoms with Crippen LogP contribution in [0.1, 0.15) is 11.5 Å². The van der Waals surface area contributed by atoms with Crippen molar-refractivity contribution >= 4 is 16.7 Å². The summed E-state index contributed by atoms with van der Waals surface area (Å²) in [7, 11) is 0. The zero-order valence-corrected chi connectivity index (χ0v) is 10.1. The van der Waals surface area contributed by atoms with E-state index in [2.05, 4.69) is 15.3 Å². The summed E-state index contributed by atoms with van der Waals surface area (Å²) < 4.78 is 5.37. The van der Waals surface area contributed by atoms with Gasteiger partial charge in [0, 0.05) is 5.69 Å². The molecule has 6 nitrogen and oxygen atoms in total. The smallest absolute Gasteiger partial charge is 0.323 e. The van der Waals surface area contributed by atoms with E-state index in [1.807, 2.05) is 24.3 Å². The van der Waals surface area contributed by atoms with E-state index in [1.54, 1.807) is 6.07 Å². The number of benzene rings is 1. The van der Waals surface area contributed by atoms with Gasteiger partial charge in [0.05, 0.1) is 17.6 Å². The van der Waals surface area contributed by atoms with Crippen LogP contribution in [0.5, 0.6) is 0 Å². The molecule has 0 aliphatic rings. The number of rotatable bonds is 4. The predicted octanol–water partition coefficient (Wildman–Crippen LogP) is 1.55. The molecule has 19 heavy (non-hydrogen) atoms. The summed E-state index contributed by atoms with van der Waals surface area (Å²) in [6.45, 7) is 0.413. The Morgan fingerprint density at radius 3 is 2.68 bits per heavy atom. The van der Waals surface area contributed by atoms with Gasteiger partial charge in [-0.15, -0.1) is 0 Å². The highest BCUT2D eigenvalue weighted by Crippen LogP contribution is 2.16. The third-order valence-corrected chi connectivity index (χ3v) is 2.86. The van der Waals surface area contributed by atoms with E-state index in [0.29, 0.717) is 12.3 Å². The van der Waals surface area contributed by atoms with Crippen molar-refractivity contribution < 1.29 is 9.52 Å². The number of imidazole rings is 1. The highest BCUT2D eigenvalue weighted by atomic mass is 16.4. The second-order valence-corrected chi connectivity index (χ2v) is 4.22. The molecule has 98 valence electrons. The maximum atomic E-state index is 11.1. The Balaban J connectivity index is 1.75.